The van der Waals surface area contributed by atoms with Gasteiger partial charge in [-0.15, -0.1) is 64.5 Å². The number of benzene rings is 4. The average Bonchev–Trinajstić information content (AvgIpc) is 3.56. The van der Waals surface area contributed by atoms with Crippen LogP contribution in [0.2, 0.25) is 19.6 Å². The van der Waals surface area contributed by atoms with Crippen LogP contribution < -0.4 is 5.19 Å². The first-order chi connectivity index (χ1) is 18.5. The Bertz CT molecular complexity index is 1700. The molecule has 42 heavy (non-hydrogen) atoms. The fourth-order valence-corrected chi connectivity index (χ4v) is 6.30. The summed E-state index contributed by atoms with van der Waals surface area (Å²) in [5, 5.41) is 5.41. The number of para-hydroxylation sites is 1. The third kappa shape index (κ3) is 8.04. The number of pyridine rings is 1. The Kier molecular flexibility index (Phi) is 14.9. The first kappa shape index (κ1) is 37.8. The summed E-state index contributed by atoms with van der Waals surface area (Å²) in [6, 6.07) is 40.0. The number of halogens is 2. The van der Waals surface area contributed by atoms with Crippen LogP contribution in [0.4, 0.5) is 0 Å². The molecule has 0 unspecified atom stereocenters. The van der Waals surface area contributed by atoms with E-state index in [2.05, 4.69) is 129 Å². The molecule has 0 saturated carbocycles. The molecule has 0 bridgehead atoms. The molecule has 1 heterocycles. The van der Waals surface area contributed by atoms with Gasteiger partial charge in [-0.05, 0) is 24.1 Å². The van der Waals surface area contributed by atoms with Crippen LogP contribution in [0.15, 0.2) is 109 Å². The van der Waals surface area contributed by atoms with Gasteiger partial charge in [0.05, 0.1) is 13.6 Å². The van der Waals surface area contributed by atoms with E-state index in [9.17, 15) is 0 Å². The molecule has 1 aliphatic rings. The molecule has 0 atom stereocenters. The van der Waals surface area contributed by atoms with Gasteiger partial charge in [-0.2, -0.15) is 35.9 Å². The van der Waals surface area contributed by atoms with Gasteiger partial charge in [0, 0.05) is 11.6 Å². The zero-order valence-electron chi connectivity index (χ0n) is 24.9. The molecule has 0 fully saturated rings. The van der Waals surface area contributed by atoms with Crippen molar-refractivity contribution in [1.29, 1.82) is 0 Å². The molecule has 0 amide bonds. The minimum atomic E-state index is -1.30. The van der Waals surface area contributed by atoms with E-state index in [0.717, 1.165) is 11.9 Å². The topological polar surface area (TPSA) is 12.9 Å². The minimum absolute atomic E-state index is 0. The molecule has 7 rings (SSSR count). The molecule has 0 spiro atoms. The Labute approximate surface area is 282 Å². The second kappa shape index (κ2) is 16.6. The van der Waals surface area contributed by atoms with Crippen molar-refractivity contribution in [2.75, 3.05) is 0 Å². The van der Waals surface area contributed by atoms with E-state index in [0.29, 0.717) is 0 Å². The van der Waals surface area contributed by atoms with Crippen molar-refractivity contribution in [2.45, 2.75) is 26.1 Å². The third-order valence-corrected chi connectivity index (χ3v) is 9.16. The number of hydrogen-bond acceptors (Lipinski definition) is 1. The fraction of sp³-hybridized carbons (Fsp3) is 0.111. The van der Waals surface area contributed by atoms with Crippen molar-refractivity contribution < 1.29 is 23.3 Å². The Morgan fingerprint density at radius 1 is 0.786 bits per heavy atom. The van der Waals surface area contributed by atoms with Gasteiger partial charge in [0.2, 0.25) is 0 Å². The standard InChI is InChI=1S/C21H20NSi.C13H9.2CH3.2ClH.Si.Zr/c1-23(2,3)18-12-15-8-6-9-19(20(15)13-18)17-11-16-7-4-5-10-21(16)22-14-17;1-3-7-12-10(5-1)9-11-6-2-4-8-13(11)12;;;;;;/h4-14H,1-3H3;1-5,7-8H,9H2;2*1H3;2*1H;;/q4*-1;;;;. The Morgan fingerprint density at radius 2 is 1.45 bits per heavy atom. The Hall–Kier alpha value is -2.20. The fourth-order valence-electron chi connectivity index (χ4n) is 5.14. The molecule has 1 aliphatic carbocycles. The summed E-state index contributed by atoms with van der Waals surface area (Å²) in [7, 11) is -1.30. The molecule has 5 aromatic carbocycles. The molecule has 0 saturated heterocycles. The second-order valence-corrected chi connectivity index (χ2v) is 15.7. The summed E-state index contributed by atoms with van der Waals surface area (Å²) in [5.74, 6) is 0. The second-order valence-electron chi connectivity index (χ2n) is 10.6. The van der Waals surface area contributed by atoms with E-state index < -0.39 is 8.07 Å². The van der Waals surface area contributed by atoms with Crippen molar-refractivity contribution in [1.82, 2.24) is 4.98 Å². The first-order valence-corrected chi connectivity index (χ1v) is 20.5. The minimum Gasteiger partial charge on any atom is -0.179 e. The van der Waals surface area contributed by atoms with Crippen molar-refractivity contribution in [3.8, 4) is 22.3 Å². The smallest absolute Gasteiger partial charge is 0.0253 e. The predicted molar refractivity (Wildman–Crippen MR) is 190 cm³/mol. The van der Waals surface area contributed by atoms with Crippen LogP contribution in [0.1, 0.15) is 11.1 Å². The zero-order chi connectivity index (χ0) is 26.7. The van der Waals surface area contributed by atoms with Crippen LogP contribution in [-0.2, 0) is 29.8 Å². The Morgan fingerprint density at radius 3 is 2.21 bits per heavy atom. The van der Waals surface area contributed by atoms with Gasteiger partial charge >= 0.3 is 30.2 Å². The first-order valence-electron chi connectivity index (χ1n) is 12.9. The summed E-state index contributed by atoms with van der Waals surface area (Å²) in [4.78, 5) is 4.63. The van der Waals surface area contributed by atoms with E-state index in [-0.39, 0.29) is 39.7 Å². The van der Waals surface area contributed by atoms with Crippen molar-refractivity contribution in [3.05, 3.63) is 141 Å². The van der Waals surface area contributed by atoms with Gasteiger partial charge in [0.25, 0.3) is 0 Å². The summed E-state index contributed by atoms with van der Waals surface area (Å²) in [6.45, 7) is 10.3. The van der Waals surface area contributed by atoms with E-state index in [1.807, 2.05) is 18.3 Å². The molecule has 6 heteroatoms. The van der Waals surface area contributed by atoms with Crippen LogP contribution in [-0.4, -0.2) is 19.9 Å². The van der Waals surface area contributed by atoms with Gasteiger partial charge in [0.1, 0.15) is 0 Å². The van der Waals surface area contributed by atoms with Crippen LogP contribution in [0.25, 0.3) is 43.9 Å². The van der Waals surface area contributed by atoms with E-state index >= 15 is 0 Å². The van der Waals surface area contributed by atoms with Crippen LogP contribution >= 0.6 is 24.8 Å². The summed E-state index contributed by atoms with van der Waals surface area (Å²) >= 11 is 1.36. The largest absolute Gasteiger partial charge is 0.179 e. The van der Waals surface area contributed by atoms with Crippen LogP contribution in [0.5, 0.6) is 0 Å². The molecular formula is C36H37Cl2NSi2Zr-4. The molecule has 0 aliphatic heterocycles. The number of fused-ring (bicyclic) bond motifs is 5. The molecule has 2 radical (unpaired) electrons. The maximum atomic E-state index is 4.63. The zero-order valence-corrected chi connectivity index (χ0v) is 31.0. The summed E-state index contributed by atoms with van der Waals surface area (Å²) < 4.78 is 0. The number of nitrogens with zero attached hydrogens (tertiary/aromatic N) is 1. The predicted octanol–water partition coefficient (Wildman–Crippen LogP) is 9.74. The molecule has 1 aromatic heterocycles. The monoisotopic (exact) mass is 699 g/mol. The number of aromatic nitrogens is 1. The van der Waals surface area contributed by atoms with Gasteiger partial charge in [-0.25, -0.2) is 0 Å². The summed E-state index contributed by atoms with van der Waals surface area (Å²) in [6.07, 6.45) is 3.05. The number of rotatable bonds is 2. The van der Waals surface area contributed by atoms with Crippen molar-refractivity contribution >= 4 is 66.6 Å². The van der Waals surface area contributed by atoms with Gasteiger partial charge in [-0.3, -0.25) is 4.98 Å². The normalized spacial score (nSPS) is 10.5. The van der Waals surface area contributed by atoms with Gasteiger partial charge in [0.15, 0.2) is 0 Å². The Balaban J connectivity index is 0.000000401. The average molecular weight is 702 g/mol. The van der Waals surface area contributed by atoms with E-state index in [1.54, 1.807) is 0 Å². The molecular weight excluding hydrogens is 665 g/mol. The number of hydrogen-bond donors (Lipinski definition) is 0. The van der Waals surface area contributed by atoms with Crippen LogP contribution in [0, 0.1) is 20.9 Å². The van der Waals surface area contributed by atoms with E-state index in [4.69, 9.17) is 0 Å². The summed E-state index contributed by atoms with van der Waals surface area (Å²) in [5.41, 5.74) is 9.04. The van der Waals surface area contributed by atoms with E-state index in [1.165, 1.54) is 78.1 Å². The van der Waals surface area contributed by atoms with Gasteiger partial charge < -0.3 is 14.9 Å². The molecule has 6 aromatic rings. The van der Waals surface area contributed by atoms with Crippen molar-refractivity contribution in [2.24, 2.45) is 0 Å². The molecule has 1 nitrogen and oxygen atoms in total. The maximum Gasteiger partial charge on any atom is -0.0253 e. The van der Waals surface area contributed by atoms with Crippen molar-refractivity contribution in [3.63, 3.8) is 0 Å². The molecule has 0 N–H and O–H groups in total. The third-order valence-electron chi connectivity index (χ3n) is 7.13. The quantitative estimate of drug-likeness (QED) is 0.129. The van der Waals surface area contributed by atoms with Crippen LogP contribution in [0.3, 0.4) is 0 Å². The molecule has 216 valence electrons. The SMILES string of the molecule is C[Si](C)(C)c1cc2c(-c3cnc4ccccc4c3)cccc2[cH-]1.Cl.Cl.[CH3-].[CH3-].[Si]=[Zr].[c-]1cccc2c1Cc1ccccc1-2. The maximum absolute atomic E-state index is 4.63. The van der Waals surface area contributed by atoms with Gasteiger partial charge in [-0.1, -0.05) is 84.9 Å².